The molecule has 0 aromatic carbocycles. The molecular formula is C76H125NO10. The van der Waals surface area contributed by atoms with Crippen LogP contribution in [-0.4, -0.2) is 99.6 Å². The number of hydrogen-bond donors (Lipinski definition) is 6. The minimum atomic E-state index is -1.63. The summed E-state index contributed by atoms with van der Waals surface area (Å²) in [6.07, 6.45) is 78.8. The molecule has 1 rings (SSSR count). The Bertz CT molecular complexity index is 1980. The van der Waals surface area contributed by atoms with Crippen LogP contribution in [0.5, 0.6) is 0 Å². The fourth-order valence-corrected chi connectivity index (χ4v) is 9.86. The maximum absolute atomic E-state index is 13.5. The first-order chi connectivity index (χ1) is 42.7. The molecule has 1 amide bonds. The smallest absolute Gasteiger partial charge is 0.306 e. The Morgan fingerprint density at radius 3 is 1.24 bits per heavy atom. The number of aliphatic hydroxyl groups excluding tert-OH is 5. The number of ether oxygens (including phenoxy) is 3. The standard InChI is InChI=1S/C76H125NO10/c1-4-7-10-13-16-19-22-24-26-28-30-32-34-35-36-38-40-42-44-46-49-52-55-58-61-64-71(81)87-74-73(83)72(82)70(65-78)86-76(74)85-66-67(68(79)62-59-56-53-50-47-21-18-15-12-9-6-3)77-75(84)69(80)63-60-57-54-51-48-45-43-41-39-37-33-31-29-27-25-23-20-17-14-11-8-5-2/h7-8,10-11,16-17,19-20,24-27,30-33,35-36,39-42,59,62,67-70,72-74,76,78-80,82-83H,4-6,9,12-15,18,21-23,28-29,34,37-38,43-58,60-61,63-66H2,1-3H3,(H,77,84)/b10-7-,11-8-,19-16-,20-17-,26-24-,27-25-,32-30-,33-31-,36-35-,41-39-,42-40-,62-59+. The average molecular weight is 1210 g/mol. The minimum absolute atomic E-state index is 0.0961. The van der Waals surface area contributed by atoms with Gasteiger partial charge in [-0.05, 0) is 122 Å². The second-order valence-corrected chi connectivity index (χ2v) is 23.1. The summed E-state index contributed by atoms with van der Waals surface area (Å²) >= 11 is 0. The first kappa shape index (κ1) is 80.6. The monoisotopic (exact) mass is 1210 g/mol. The van der Waals surface area contributed by atoms with Crippen LogP contribution in [0.3, 0.4) is 0 Å². The molecule has 0 aliphatic carbocycles. The minimum Gasteiger partial charge on any atom is -0.454 e. The van der Waals surface area contributed by atoms with Crippen LogP contribution in [-0.2, 0) is 23.8 Å². The van der Waals surface area contributed by atoms with Gasteiger partial charge in [0, 0.05) is 6.42 Å². The molecular weight excluding hydrogens is 1090 g/mol. The lowest BCUT2D eigenvalue weighted by molar-refractivity contribution is -0.305. The molecule has 0 saturated carbocycles. The SMILES string of the molecule is CC/C=C\C/C=C\C/C=C\C/C=C\C/C=C\C/C=C\CCCCCCCCC(=O)OC1C(OCC(NC(=O)C(O)CCCCCCCC/C=C\C/C=C\C/C=C\C/C=C\C/C=C\CC)C(O)/C=C/CCCCCCCCCCC)OC(CO)C(O)C1O. The number of nitrogens with one attached hydrogen (secondary N) is 1. The largest absolute Gasteiger partial charge is 0.454 e. The Morgan fingerprint density at radius 1 is 0.460 bits per heavy atom. The van der Waals surface area contributed by atoms with Crippen LogP contribution >= 0.6 is 0 Å². The number of unbranched alkanes of at least 4 members (excludes halogenated alkanes) is 21. The van der Waals surface area contributed by atoms with E-state index < -0.39 is 67.4 Å². The summed E-state index contributed by atoms with van der Waals surface area (Å²) in [6, 6.07) is -1.04. The molecule has 1 aliphatic rings. The van der Waals surface area contributed by atoms with E-state index in [1.165, 1.54) is 38.5 Å². The second kappa shape index (κ2) is 61.8. The average Bonchev–Trinajstić information content (AvgIpc) is 3.12. The van der Waals surface area contributed by atoms with Crippen LogP contribution in [0.15, 0.2) is 146 Å². The lowest BCUT2D eigenvalue weighted by Crippen LogP contribution is -2.61. The van der Waals surface area contributed by atoms with Gasteiger partial charge in [0.25, 0.3) is 0 Å². The second-order valence-electron chi connectivity index (χ2n) is 23.1. The maximum Gasteiger partial charge on any atom is 0.306 e. The van der Waals surface area contributed by atoms with Crippen molar-refractivity contribution in [2.75, 3.05) is 13.2 Å². The third-order valence-corrected chi connectivity index (χ3v) is 15.2. The van der Waals surface area contributed by atoms with Crippen molar-refractivity contribution in [2.45, 2.75) is 307 Å². The van der Waals surface area contributed by atoms with Crippen molar-refractivity contribution in [3.63, 3.8) is 0 Å². The summed E-state index contributed by atoms with van der Waals surface area (Å²) in [7, 11) is 0. The van der Waals surface area contributed by atoms with Crippen molar-refractivity contribution in [3.05, 3.63) is 146 Å². The number of rotatable bonds is 57. The fourth-order valence-electron chi connectivity index (χ4n) is 9.86. The molecule has 0 aromatic rings. The zero-order chi connectivity index (χ0) is 63.1. The highest BCUT2D eigenvalue weighted by Gasteiger charge is 2.47. The molecule has 11 heteroatoms. The van der Waals surface area contributed by atoms with E-state index in [0.717, 1.165) is 173 Å². The molecule has 6 N–H and O–H groups in total. The van der Waals surface area contributed by atoms with E-state index in [0.29, 0.717) is 12.8 Å². The topological polar surface area (TPSA) is 175 Å². The van der Waals surface area contributed by atoms with Crippen molar-refractivity contribution in [3.8, 4) is 0 Å². The Balaban J connectivity index is 2.61. The zero-order valence-electron chi connectivity index (χ0n) is 54.8. The Kier molecular flexibility index (Phi) is 57.2. The van der Waals surface area contributed by atoms with Crippen LogP contribution in [0.4, 0.5) is 0 Å². The predicted molar refractivity (Wildman–Crippen MR) is 365 cm³/mol. The van der Waals surface area contributed by atoms with Gasteiger partial charge in [-0.3, -0.25) is 9.59 Å². The third-order valence-electron chi connectivity index (χ3n) is 15.2. The normalized spacial score (nSPS) is 19.2. The maximum atomic E-state index is 13.5. The molecule has 0 bridgehead atoms. The van der Waals surface area contributed by atoms with Crippen molar-refractivity contribution in [1.29, 1.82) is 0 Å². The van der Waals surface area contributed by atoms with Gasteiger partial charge in [0.1, 0.15) is 24.4 Å². The molecule has 0 radical (unpaired) electrons. The van der Waals surface area contributed by atoms with Crippen molar-refractivity contribution in [1.82, 2.24) is 5.32 Å². The number of carbonyl (C=O) groups excluding carboxylic acids is 2. The third kappa shape index (κ3) is 49.1. The number of carbonyl (C=O) groups is 2. The van der Waals surface area contributed by atoms with Gasteiger partial charge in [-0.2, -0.15) is 0 Å². The summed E-state index contributed by atoms with van der Waals surface area (Å²) in [5, 5.41) is 57.2. The van der Waals surface area contributed by atoms with Gasteiger partial charge >= 0.3 is 5.97 Å². The number of hydrogen-bond acceptors (Lipinski definition) is 10. The van der Waals surface area contributed by atoms with Gasteiger partial charge in [-0.15, -0.1) is 0 Å². The van der Waals surface area contributed by atoms with E-state index in [4.69, 9.17) is 14.2 Å². The van der Waals surface area contributed by atoms with Crippen molar-refractivity contribution < 1.29 is 49.3 Å². The highest BCUT2D eigenvalue weighted by Crippen LogP contribution is 2.26. The van der Waals surface area contributed by atoms with E-state index in [1.54, 1.807) is 6.08 Å². The molecule has 494 valence electrons. The molecule has 8 atom stereocenters. The first-order valence-corrected chi connectivity index (χ1v) is 34.6. The quantitative estimate of drug-likeness (QED) is 0.0195. The number of amides is 1. The fraction of sp³-hybridized carbons (Fsp3) is 0.658. The van der Waals surface area contributed by atoms with Gasteiger partial charge in [-0.25, -0.2) is 0 Å². The number of allylic oxidation sites excluding steroid dienone is 23. The predicted octanol–water partition coefficient (Wildman–Crippen LogP) is 17.7. The van der Waals surface area contributed by atoms with Gasteiger partial charge in [0.2, 0.25) is 5.91 Å². The van der Waals surface area contributed by atoms with Crippen molar-refractivity contribution >= 4 is 11.9 Å². The number of esters is 1. The Hall–Kier alpha value is -4.46. The van der Waals surface area contributed by atoms with E-state index in [9.17, 15) is 35.1 Å². The van der Waals surface area contributed by atoms with E-state index in [2.05, 4.69) is 160 Å². The summed E-state index contributed by atoms with van der Waals surface area (Å²) in [6.45, 7) is 5.54. The Morgan fingerprint density at radius 2 is 0.828 bits per heavy atom. The molecule has 11 nitrogen and oxygen atoms in total. The van der Waals surface area contributed by atoms with Gasteiger partial charge in [-0.1, -0.05) is 276 Å². The lowest BCUT2D eigenvalue weighted by Gasteiger charge is -2.41. The molecule has 0 aromatic heterocycles. The molecule has 1 saturated heterocycles. The number of aliphatic hydroxyl groups is 5. The van der Waals surface area contributed by atoms with Crippen LogP contribution in [0.2, 0.25) is 0 Å². The molecule has 1 fully saturated rings. The van der Waals surface area contributed by atoms with Gasteiger partial charge in [0.05, 0.1) is 25.4 Å². The summed E-state index contributed by atoms with van der Waals surface area (Å²) < 4.78 is 17.7. The first-order valence-electron chi connectivity index (χ1n) is 34.6. The summed E-state index contributed by atoms with van der Waals surface area (Å²) in [4.78, 5) is 26.7. The lowest BCUT2D eigenvalue weighted by atomic mass is 9.99. The van der Waals surface area contributed by atoms with E-state index in [-0.39, 0.29) is 19.4 Å². The molecule has 8 unspecified atom stereocenters. The highest BCUT2D eigenvalue weighted by molar-refractivity contribution is 5.80. The summed E-state index contributed by atoms with van der Waals surface area (Å²) in [5.41, 5.74) is 0. The molecule has 1 heterocycles. The zero-order valence-corrected chi connectivity index (χ0v) is 54.8. The van der Waals surface area contributed by atoms with Gasteiger partial charge in [0.15, 0.2) is 12.4 Å². The van der Waals surface area contributed by atoms with E-state index in [1.807, 2.05) is 6.08 Å². The van der Waals surface area contributed by atoms with Crippen molar-refractivity contribution in [2.24, 2.45) is 0 Å². The summed E-state index contributed by atoms with van der Waals surface area (Å²) in [5.74, 6) is -1.23. The van der Waals surface area contributed by atoms with Crippen LogP contribution in [0.25, 0.3) is 0 Å². The van der Waals surface area contributed by atoms with Crippen LogP contribution in [0.1, 0.15) is 258 Å². The van der Waals surface area contributed by atoms with E-state index >= 15 is 0 Å². The Labute approximate surface area is 530 Å². The molecule has 87 heavy (non-hydrogen) atoms. The van der Waals surface area contributed by atoms with Crippen LogP contribution < -0.4 is 5.32 Å². The van der Waals surface area contributed by atoms with Crippen LogP contribution in [0, 0.1) is 0 Å². The highest BCUT2D eigenvalue weighted by atomic mass is 16.7. The molecule has 1 aliphatic heterocycles. The van der Waals surface area contributed by atoms with Gasteiger partial charge < -0.3 is 45.1 Å². The molecule has 0 spiro atoms.